The van der Waals surface area contributed by atoms with Crippen LogP contribution in [-0.2, 0) is 14.4 Å². The van der Waals surface area contributed by atoms with Crippen molar-refractivity contribution in [1.29, 1.82) is 0 Å². The number of nitrogens with two attached hydrogens (primary N) is 1. The Bertz CT molecular complexity index is 524. The Morgan fingerprint density at radius 3 is 2.74 bits per heavy atom. The van der Waals surface area contributed by atoms with Gasteiger partial charge in [-0.3, -0.25) is 9.59 Å². The number of thiazole rings is 1. The topological polar surface area (TPSA) is 122 Å². The summed E-state index contributed by atoms with van der Waals surface area (Å²) in [5.41, 5.74) is 5.51. The normalized spacial score (nSPS) is 12.3. The quantitative estimate of drug-likeness (QED) is 0.630. The fraction of sp³-hybridized carbons (Fsp3) is 0.273. The summed E-state index contributed by atoms with van der Waals surface area (Å²) < 4.78 is 0. The standard InChI is InChI=1S/C11H13N3O4S/c1-6-13-7(5-19-6)2-3-10(16)14-8(11(17)18)4-9(12)15/h2-3,5,8H,4H2,1H3,(H2,12,15)(H,14,16)(H,17,18)/b3-2+/t8-/m1/s1. The van der Waals surface area contributed by atoms with Crippen molar-refractivity contribution in [3.05, 3.63) is 22.2 Å². The van der Waals surface area contributed by atoms with Gasteiger partial charge in [0.25, 0.3) is 0 Å². The van der Waals surface area contributed by atoms with Gasteiger partial charge in [0.1, 0.15) is 6.04 Å². The zero-order valence-corrected chi connectivity index (χ0v) is 10.9. The van der Waals surface area contributed by atoms with Gasteiger partial charge in [0.2, 0.25) is 11.8 Å². The lowest BCUT2D eigenvalue weighted by atomic mass is 10.2. The third-order valence-electron chi connectivity index (χ3n) is 2.06. The van der Waals surface area contributed by atoms with Crippen LogP contribution in [0.2, 0.25) is 0 Å². The first kappa shape index (κ1) is 14.8. The van der Waals surface area contributed by atoms with Crippen LogP contribution in [0, 0.1) is 6.92 Å². The molecule has 0 aliphatic carbocycles. The Labute approximate surface area is 113 Å². The average molecular weight is 283 g/mol. The second kappa shape index (κ2) is 6.64. The number of carboxylic acid groups (broad SMARTS) is 1. The lowest BCUT2D eigenvalue weighted by Crippen LogP contribution is -2.42. The molecule has 7 nitrogen and oxygen atoms in total. The maximum absolute atomic E-state index is 11.5. The monoisotopic (exact) mass is 283 g/mol. The summed E-state index contributed by atoms with van der Waals surface area (Å²) in [6, 6.07) is -1.33. The molecule has 1 rings (SSSR count). The van der Waals surface area contributed by atoms with Crippen molar-refractivity contribution >= 4 is 35.2 Å². The first-order valence-electron chi connectivity index (χ1n) is 5.30. The Morgan fingerprint density at radius 1 is 1.58 bits per heavy atom. The van der Waals surface area contributed by atoms with E-state index in [4.69, 9.17) is 10.8 Å². The summed E-state index contributed by atoms with van der Waals surface area (Å²) >= 11 is 1.43. The molecule has 0 bridgehead atoms. The molecule has 0 aromatic carbocycles. The predicted molar refractivity (Wildman–Crippen MR) is 69.3 cm³/mol. The maximum atomic E-state index is 11.5. The van der Waals surface area contributed by atoms with Crippen LogP contribution in [0.3, 0.4) is 0 Å². The van der Waals surface area contributed by atoms with E-state index >= 15 is 0 Å². The lowest BCUT2D eigenvalue weighted by molar-refractivity contribution is -0.142. The molecule has 0 radical (unpaired) electrons. The molecule has 102 valence electrons. The van der Waals surface area contributed by atoms with Gasteiger partial charge >= 0.3 is 5.97 Å². The molecular weight excluding hydrogens is 270 g/mol. The molecule has 0 aliphatic heterocycles. The van der Waals surface area contributed by atoms with E-state index in [2.05, 4.69) is 10.3 Å². The first-order valence-corrected chi connectivity index (χ1v) is 6.18. The van der Waals surface area contributed by atoms with Gasteiger partial charge in [0, 0.05) is 11.5 Å². The summed E-state index contributed by atoms with van der Waals surface area (Å²) in [6.45, 7) is 1.83. The highest BCUT2D eigenvalue weighted by Gasteiger charge is 2.20. The van der Waals surface area contributed by atoms with Gasteiger partial charge in [0.05, 0.1) is 17.1 Å². The van der Waals surface area contributed by atoms with E-state index in [1.54, 1.807) is 5.38 Å². The number of aliphatic carboxylic acids is 1. The van der Waals surface area contributed by atoms with E-state index in [9.17, 15) is 14.4 Å². The van der Waals surface area contributed by atoms with Crippen molar-refractivity contribution in [2.24, 2.45) is 5.73 Å². The van der Waals surface area contributed by atoms with Gasteiger partial charge in [-0.05, 0) is 13.0 Å². The number of hydrogen-bond donors (Lipinski definition) is 3. The van der Waals surface area contributed by atoms with Crippen molar-refractivity contribution in [2.45, 2.75) is 19.4 Å². The molecule has 0 spiro atoms. The van der Waals surface area contributed by atoms with E-state index in [0.29, 0.717) is 5.69 Å². The van der Waals surface area contributed by atoms with Crippen LogP contribution in [0.15, 0.2) is 11.5 Å². The van der Waals surface area contributed by atoms with E-state index in [1.165, 1.54) is 17.4 Å². The number of primary amides is 1. The van der Waals surface area contributed by atoms with Crippen molar-refractivity contribution in [1.82, 2.24) is 10.3 Å². The van der Waals surface area contributed by atoms with Crippen LogP contribution in [0.5, 0.6) is 0 Å². The summed E-state index contributed by atoms with van der Waals surface area (Å²) in [6.07, 6.45) is 2.16. The average Bonchev–Trinajstić information content (AvgIpc) is 2.71. The number of aryl methyl sites for hydroxylation is 1. The summed E-state index contributed by atoms with van der Waals surface area (Å²) in [5.74, 6) is -2.74. The molecule has 8 heteroatoms. The van der Waals surface area contributed by atoms with Gasteiger partial charge in [-0.2, -0.15) is 0 Å². The minimum Gasteiger partial charge on any atom is -0.480 e. The molecule has 0 saturated heterocycles. The molecule has 0 fully saturated rings. The number of nitrogens with zero attached hydrogens (tertiary/aromatic N) is 1. The molecule has 1 aromatic rings. The van der Waals surface area contributed by atoms with Crippen molar-refractivity contribution < 1.29 is 19.5 Å². The Hall–Kier alpha value is -2.22. The molecule has 0 unspecified atom stereocenters. The molecular formula is C11H13N3O4S. The van der Waals surface area contributed by atoms with Crippen LogP contribution in [0.1, 0.15) is 17.1 Å². The highest BCUT2D eigenvalue weighted by molar-refractivity contribution is 7.09. The molecule has 0 saturated carbocycles. The SMILES string of the molecule is Cc1nc(/C=C/C(=O)N[C@H](CC(N)=O)C(=O)O)cs1. The van der Waals surface area contributed by atoms with E-state index in [0.717, 1.165) is 11.1 Å². The fourth-order valence-electron chi connectivity index (χ4n) is 1.24. The molecule has 1 aromatic heterocycles. The van der Waals surface area contributed by atoms with Crippen molar-refractivity contribution in [2.75, 3.05) is 0 Å². The second-order valence-corrected chi connectivity index (χ2v) is 4.76. The van der Waals surface area contributed by atoms with Gasteiger partial charge in [0.15, 0.2) is 0 Å². The van der Waals surface area contributed by atoms with Gasteiger partial charge in [-0.25, -0.2) is 9.78 Å². The number of nitrogens with one attached hydrogen (secondary N) is 1. The third-order valence-corrected chi connectivity index (χ3v) is 2.85. The summed E-state index contributed by atoms with van der Waals surface area (Å²) in [7, 11) is 0. The number of carbonyl (C=O) groups is 3. The molecule has 1 atom stereocenters. The molecule has 1 heterocycles. The van der Waals surface area contributed by atoms with Crippen LogP contribution in [-0.4, -0.2) is 33.9 Å². The van der Waals surface area contributed by atoms with Crippen LogP contribution in [0.25, 0.3) is 6.08 Å². The number of aromatic nitrogens is 1. The van der Waals surface area contributed by atoms with Crippen LogP contribution < -0.4 is 11.1 Å². The molecule has 19 heavy (non-hydrogen) atoms. The zero-order valence-electron chi connectivity index (χ0n) is 10.1. The fourth-order valence-corrected chi connectivity index (χ4v) is 1.82. The highest BCUT2D eigenvalue weighted by atomic mass is 32.1. The van der Waals surface area contributed by atoms with Gasteiger partial charge in [-0.1, -0.05) is 0 Å². The summed E-state index contributed by atoms with van der Waals surface area (Å²) in [5, 5.41) is 13.6. The van der Waals surface area contributed by atoms with Gasteiger partial charge < -0.3 is 16.2 Å². The number of carboxylic acids is 1. The van der Waals surface area contributed by atoms with E-state index in [1.807, 2.05) is 6.92 Å². The zero-order chi connectivity index (χ0) is 14.4. The molecule has 2 amide bonds. The minimum atomic E-state index is -1.33. The number of rotatable bonds is 6. The predicted octanol–water partition coefficient (Wildman–Crippen LogP) is -0.0905. The third kappa shape index (κ3) is 5.30. The Morgan fingerprint density at radius 2 is 2.26 bits per heavy atom. The lowest BCUT2D eigenvalue weighted by Gasteiger charge is -2.10. The maximum Gasteiger partial charge on any atom is 0.326 e. The minimum absolute atomic E-state index is 0.454. The Balaban J connectivity index is 2.60. The number of hydrogen-bond acceptors (Lipinski definition) is 5. The van der Waals surface area contributed by atoms with Crippen molar-refractivity contribution in [3.63, 3.8) is 0 Å². The number of carbonyl (C=O) groups excluding carboxylic acids is 2. The Kier molecular flexibility index (Phi) is 5.19. The smallest absolute Gasteiger partial charge is 0.326 e. The second-order valence-electron chi connectivity index (χ2n) is 3.69. The van der Waals surface area contributed by atoms with E-state index in [-0.39, 0.29) is 0 Å². The molecule has 0 aliphatic rings. The summed E-state index contributed by atoms with van der Waals surface area (Å²) in [4.78, 5) is 37.0. The van der Waals surface area contributed by atoms with Crippen LogP contribution >= 0.6 is 11.3 Å². The van der Waals surface area contributed by atoms with Gasteiger partial charge in [-0.15, -0.1) is 11.3 Å². The largest absolute Gasteiger partial charge is 0.480 e. The number of amides is 2. The van der Waals surface area contributed by atoms with Crippen LogP contribution in [0.4, 0.5) is 0 Å². The first-order chi connectivity index (χ1) is 8.88. The molecule has 4 N–H and O–H groups in total. The highest BCUT2D eigenvalue weighted by Crippen LogP contribution is 2.09. The van der Waals surface area contributed by atoms with Crippen molar-refractivity contribution in [3.8, 4) is 0 Å². The van der Waals surface area contributed by atoms with E-state index < -0.39 is 30.2 Å².